The molecule has 6 rings (SSSR count). The van der Waals surface area contributed by atoms with Crippen LogP contribution in [0.2, 0.25) is 0 Å². The molecule has 0 aliphatic heterocycles. The monoisotopic (exact) mass is 645 g/mol. The Labute approximate surface area is 294 Å². The molecule has 0 spiro atoms. The Hall–Kier alpha value is -4.76. The van der Waals surface area contributed by atoms with Crippen molar-refractivity contribution in [3.63, 3.8) is 0 Å². The molecule has 3 heteroatoms. The molecule has 0 N–H and O–H groups in total. The Bertz CT molecular complexity index is 1980. The minimum absolute atomic E-state index is 0.109. The summed E-state index contributed by atoms with van der Waals surface area (Å²) >= 11 is 0. The summed E-state index contributed by atoms with van der Waals surface area (Å²) in [6, 6.07) is 38.5. The zero-order valence-corrected chi connectivity index (χ0v) is 31.1. The van der Waals surface area contributed by atoms with Crippen molar-refractivity contribution >= 4 is 0 Å². The summed E-state index contributed by atoms with van der Waals surface area (Å²) in [5.41, 5.74) is 15.9. The second-order valence-corrected chi connectivity index (χ2v) is 15.8. The lowest BCUT2D eigenvalue weighted by Crippen LogP contribution is -2.10. The average molecular weight is 646 g/mol. The van der Waals surface area contributed by atoms with Crippen molar-refractivity contribution in [2.45, 2.75) is 92.9 Å². The van der Waals surface area contributed by atoms with E-state index in [0.29, 0.717) is 0 Å². The van der Waals surface area contributed by atoms with Gasteiger partial charge in [-0.15, -0.1) is 0 Å². The Morgan fingerprint density at radius 3 is 1.35 bits per heavy atom. The van der Waals surface area contributed by atoms with Gasteiger partial charge in [0.15, 0.2) is 11.6 Å². The van der Waals surface area contributed by atoms with Crippen molar-refractivity contribution in [3.8, 4) is 50.5 Å². The smallest absolute Gasteiger partial charge is 0.163 e. The highest BCUT2D eigenvalue weighted by atomic mass is 15.4. The molecule has 0 bridgehead atoms. The molecule has 0 saturated heterocycles. The normalized spacial score (nSPS) is 12.0. The first-order valence-electron chi connectivity index (χ1n) is 17.7. The zero-order chi connectivity index (χ0) is 35.1. The fourth-order valence-electron chi connectivity index (χ4n) is 6.64. The van der Waals surface area contributed by atoms with Gasteiger partial charge in [-0.1, -0.05) is 127 Å². The minimum atomic E-state index is 0.109. The van der Waals surface area contributed by atoms with Crippen molar-refractivity contribution in [1.82, 2.24) is 14.8 Å². The molecular formula is C46H51N3. The fraction of sp³-hybridized carbons (Fsp3) is 0.304. The van der Waals surface area contributed by atoms with E-state index in [2.05, 4.69) is 177 Å². The van der Waals surface area contributed by atoms with Crippen LogP contribution in [0.25, 0.3) is 50.5 Å². The van der Waals surface area contributed by atoms with Gasteiger partial charge in [-0.25, -0.2) is 9.67 Å². The summed E-state index contributed by atoms with van der Waals surface area (Å²) in [6.45, 7) is 22.3. The van der Waals surface area contributed by atoms with E-state index in [9.17, 15) is 0 Å². The molecule has 0 atom stereocenters. The molecule has 3 nitrogen and oxygen atoms in total. The van der Waals surface area contributed by atoms with Crippen LogP contribution in [0, 0.1) is 20.8 Å². The lowest BCUT2D eigenvalue weighted by atomic mass is 9.85. The number of rotatable bonds is 7. The first-order valence-corrected chi connectivity index (χ1v) is 17.7. The molecule has 0 aliphatic carbocycles. The van der Waals surface area contributed by atoms with E-state index in [1.807, 2.05) is 0 Å². The van der Waals surface area contributed by atoms with Gasteiger partial charge in [-0.2, -0.15) is 5.10 Å². The molecule has 250 valence electrons. The predicted molar refractivity (Wildman–Crippen MR) is 209 cm³/mol. The summed E-state index contributed by atoms with van der Waals surface area (Å²) in [4.78, 5) is 5.02. The summed E-state index contributed by atoms with van der Waals surface area (Å²) in [6.07, 6.45) is 1.86. The predicted octanol–water partition coefficient (Wildman–Crippen LogP) is 12.4. The number of hydrogen-bond acceptors (Lipinski definition) is 2. The standard InChI is InChI=1S/C46H51N3/c1-11-12-42-47-44(35-15-13-30(2)14-16-35)49(48-42)43-31(3)25-36(26-32(43)4)39-28-37(33-17-21-40(22-18-33)45(5,6)7)27-38(29-39)34-19-23-41(24-20-34)46(8,9)10/h13-29H,11-12H2,1-10H3. The van der Waals surface area contributed by atoms with Gasteiger partial charge in [0, 0.05) is 12.0 Å². The van der Waals surface area contributed by atoms with Gasteiger partial charge in [0.1, 0.15) is 0 Å². The van der Waals surface area contributed by atoms with Crippen LogP contribution in [-0.4, -0.2) is 14.8 Å². The number of hydrogen-bond donors (Lipinski definition) is 0. The quantitative estimate of drug-likeness (QED) is 0.173. The number of benzene rings is 5. The van der Waals surface area contributed by atoms with Gasteiger partial charge < -0.3 is 0 Å². The van der Waals surface area contributed by atoms with Crippen LogP contribution in [0.15, 0.2) is 103 Å². The third-order valence-corrected chi connectivity index (χ3v) is 9.57. The summed E-state index contributed by atoms with van der Waals surface area (Å²) in [5, 5.41) is 5.05. The van der Waals surface area contributed by atoms with Gasteiger partial charge in [0.2, 0.25) is 0 Å². The van der Waals surface area contributed by atoms with Gasteiger partial charge >= 0.3 is 0 Å². The molecule has 0 amide bonds. The van der Waals surface area contributed by atoms with E-state index in [1.54, 1.807) is 0 Å². The average Bonchev–Trinajstić information content (AvgIpc) is 3.47. The van der Waals surface area contributed by atoms with Crippen LogP contribution < -0.4 is 0 Å². The molecular weight excluding hydrogens is 595 g/mol. The second-order valence-electron chi connectivity index (χ2n) is 15.8. The van der Waals surface area contributed by atoms with E-state index in [4.69, 9.17) is 10.1 Å². The molecule has 0 fully saturated rings. The van der Waals surface area contributed by atoms with Crippen LogP contribution >= 0.6 is 0 Å². The Morgan fingerprint density at radius 1 is 0.510 bits per heavy atom. The molecule has 0 radical (unpaired) electrons. The largest absolute Gasteiger partial charge is 0.212 e. The maximum atomic E-state index is 5.05. The van der Waals surface area contributed by atoms with Gasteiger partial charge in [0.25, 0.3) is 0 Å². The topological polar surface area (TPSA) is 30.7 Å². The fourth-order valence-corrected chi connectivity index (χ4v) is 6.64. The molecule has 5 aromatic carbocycles. The zero-order valence-electron chi connectivity index (χ0n) is 31.1. The number of nitrogens with zero attached hydrogens (tertiary/aromatic N) is 3. The van der Waals surface area contributed by atoms with Crippen molar-refractivity contribution in [1.29, 1.82) is 0 Å². The molecule has 49 heavy (non-hydrogen) atoms. The second kappa shape index (κ2) is 13.3. The van der Waals surface area contributed by atoms with Crippen LogP contribution in [-0.2, 0) is 17.3 Å². The molecule has 0 saturated carbocycles. The summed E-state index contributed by atoms with van der Waals surface area (Å²) in [7, 11) is 0. The maximum absolute atomic E-state index is 5.05. The number of aromatic nitrogens is 3. The third-order valence-electron chi connectivity index (χ3n) is 9.57. The van der Waals surface area contributed by atoms with Gasteiger partial charge in [0.05, 0.1) is 5.69 Å². The van der Waals surface area contributed by atoms with Crippen LogP contribution in [0.1, 0.15) is 88.5 Å². The molecule has 1 heterocycles. The molecule has 1 aromatic heterocycles. The first-order chi connectivity index (χ1) is 23.2. The SMILES string of the molecule is CCCc1nc(-c2ccc(C)cc2)n(-c2c(C)cc(-c3cc(-c4ccc(C(C)(C)C)cc4)cc(-c4ccc(C(C)(C)C)cc4)c3)cc2C)n1. The number of aryl methyl sites for hydroxylation is 4. The van der Waals surface area contributed by atoms with Crippen LogP contribution in [0.5, 0.6) is 0 Å². The first kappa shape index (κ1) is 34.1. The van der Waals surface area contributed by atoms with E-state index in [0.717, 1.165) is 35.7 Å². The van der Waals surface area contributed by atoms with Crippen molar-refractivity contribution in [2.75, 3.05) is 0 Å². The van der Waals surface area contributed by atoms with Crippen molar-refractivity contribution in [2.24, 2.45) is 0 Å². The van der Waals surface area contributed by atoms with Crippen LogP contribution in [0.4, 0.5) is 0 Å². The van der Waals surface area contributed by atoms with Gasteiger partial charge in [-0.3, -0.25) is 0 Å². The highest BCUT2D eigenvalue weighted by Gasteiger charge is 2.19. The Morgan fingerprint density at radius 2 is 0.918 bits per heavy atom. The van der Waals surface area contributed by atoms with E-state index in [1.165, 1.54) is 61.2 Å². The molecule has 0 aliphatic rings. The third kappa shape index (κ3) is 7.32. The van der Waals surface area contributed by atoms with E-state index < -0.39 is 0 Å². The molecule has 6 aromatic rings. The summed E-state index contributed by atoms with van der Waals surface area (Å²) < 4.78 is 2.07. The Kier molecular flexibility index (Phi) is 9.24. The highest BCUT2D eigenvalue weighted by Crippen LogP contribution is 2.37. The van der Waals surface area contributed by atoms with Crippen molar-refractivity contribution < 1.29 is 0 Å². The molecule has 0 unspecified atom stereocenters. The van der Waals surface area contributed by atoms with E-state index in [-0.39, 0.29) is 10.8 Å². The maximum Gasteiger partial charge on any atom is 0.163 e. The van der Waals surface area contributed by atoms with Crippen molar-refractivity contribution in [3.05, 3.63) is 137 Å². The van der Waals surface area contributed by atoms with E-state index >= 15 is 0 Å². The van der Waals surface area contributed by atoms with Gasteiger partial charge in [-0.05, 0) is 124 Å². The highest BCUT2D eigenvalue weighted by molar-refractivity contribution is 5.82. The Balaban J connectivity index is 1.48. The van der Waals surface area contributed by atoms with Crippen LogP contribution in [0.3, 0.4) is 0 Å². The lowest BCUT2D eigenvalue weighted by molar-refractivity contribution is 0.590. The minimum Gasteiger partial charge on any atom is -0.212 e. The summed E-state index contributed by atoms with van der Waals surface area (Å²) in [5.74, 6) is 1.78. The lowest BCUT2D eigenvalue weighted by Gasteiger charge is -2.20.